The Hall–Kier alpha value is -2.14. The molecule has 0 saturated carbocycles. The fraction of sp³-hybridized carbons (Fsp3) is 0.214. The molecule has 104 valence electrons. The van der Waals surface area contributed by atoms with E-state index >= 15 is 0 Å². The third-order valence-corrected chi connectivity index (χ3v) is 2.99. The van der Waals surface area contributed by atoms with Crippen molar-refractivity contribution in [2.45, 2.75) is 13.5 Å². The van der Waals surface area contributed by atoms with E-state index in [2.05, 4.69) is 20.6 Å². The summed E-state index contributed by atoms with van der Waals surface area (Å²) >= 11 is 6.03. The van der Waals surface area contributed by atoms with Crippen LogP contribution in [-0.4, -0.2) is 22.4 Å². The number of halogens is 1. The van der Waals surface area contributed by atoms with Gasteiger partial charge in [0, 0.05) is 18.1 Å². The summed E-state index contributed by atoms with van der Waals surface area (Å²) in [7, 11) is 0. The van der Waals surface area contributed by atoms with Crippen molar-refractivity contribution in [3.05, 3.63) is 52.9 Å². The molecule has 0 saturated heterocycles. The lowest BCUT2D eigenvalue weighted by atomic mass is 10.2. The van der Waals surface area contributed by atoms with Crippen molar-refractivity contribution >= 4 is 23.3 Å². The molecule has 20 heavy (non-hydrogen) atoms. The van der Waals surface area contributed by atoms with Crippen molar-refractivity contribution in [3.63, 3.8) is 0 Å². The molecule has 0 aliphatic heterocycles. The van der Waals surface area contributed by atoms with Crippen LogP contribution in [0.3, 0.4) is 0 Å². The summed E-state index contributed by atoms with van der Waals surface area (Å²) in [6.07, 6.45) is 3.01. The van der Waals surface area contributed by atoms with Crippen LogP contribution >= 0.6 is 11.6 Å². The minimum atomic E-state index is -0.280. The highest BCUT2D eigenvalue weighted by atomic mass is 35.5. The van der Waals surface area contributed by atoms with Crippen LogP contribution in [0.5, 0.6) is 0 Å². The molecule has 5 nitrogen and oxygen atoms in total. The fourth-order valence-electron chi connectivity index (χ4n) is 1.65. The fourth-order valence-corrected chi connectivity index (χ4v) is 1.85. The number of benzene rings is 1. The number of amides is 1. The number of nitrogens with zero attached hydrogens (tertiary/aromatic N) is 2. The zero-order valence-electron chi connectivity index (χ0n) is 11.1. The van der Waals surface area contributed by atoms with Crippen molar-refractivity contribution in [2.75, 3.05) is 11.9 Å². The maximum Gasteiger partial charge on any atom is 0.271 e. The Morgan fingerprint density at radius 2 is 2.10 bits per heavy atom. The van der Waals surface area contributed by atoms with Crippen LogP contribution < -0.4 is 10.6 Å². The number of hydrogen-bond donors (Lipinski definition) is 2. The molecule has 0 radical (unpaired) electrons. The quantitative estimate of drug-likeness (QED) is 0.888. The Bertz CT molecular complexity index is 603. The summed E-state index contributed by atoms with van der Waals surface area (Å²) in [4.78, 5) is 20.2. The summed E-state index contributed by atoms with van der Waals surface area (Å²) < 4.78 is 0. The Morgan fingerprint density at radius 3 is 2.85 bits per heavy atom. The molecule has 0 bridgehead atoms. The van der Waals surface area contributed by atoms with Crippen molar-refractivity contribution < 1.29 is 4.79 Å². The summed E-state index contributed by atoms with van der Waals surface area (Å²) in [5.41, 5.74) is 1.13. The highest BCUT2D eigenvalue weighted by molar-refractivity contribution is 6.31. The molecule has 6 heteroatoms. The maximum atomic E-state index is 12.0. The van der Waals surface area contributed by atoms with Gasteiger partial charge in [-0.05, 0) is 18.6 Å². The lowest BCUT2D eigenvalue weighted by molar-refractivity contribution is 0.0945. The molecule has 2 aromatic rings. The first kappa shape index (κ1) is 14.3. The van der Waals surface area contributed by atoms with E-state index < -0.39 is 0 Å². The number of aromatic nitrogens is 2. The van der Waals surface area contributed by atoms with E-state index in [1.807, 2.05) is 25.1 Å². The predicted octanol–water partition coefficient (Wildman–Crippen LogP) is 2.49. The van der Waals surface area contributed by atoms with Gasteiger partial charge in [-0.1, -0.05) is 29.8 Å². The van der Waals surface area contributed by atoms with Gasteiger partial charge in [-0.2, -0.15) is 0 Å². The Morgan fingerprint density at radius 1 is 1.30 bits per heavy atom. The molecule has 1 aromatic heterocycles. The van der Waals surface area contributed by atoms with E-state index in [1.165, 1.54) is 6.20 Å². The van der Waals surface area contributed by atoms with Gasteiger partial charge in [0.15, 0.2) is 0 Å². The van der Waals surface area contributed by atoms with Crippen LogP contribution in [-0.2, 0) is 6.54 Å². The standard InChI is InChI=1S/C14H15ClN4O/c1-2-17-13-9-16-8-12(19-13)14(20)18-7-10-5-3-4-6-11(10)15/h3-6,8-9H,2,7H2,1H3,(H,17,19)(H,18,20). The van der Waals surface area contributed by atoms with E-state index in [1.54, 1.807) is 12.3 Å². The third kappa shape index (κ3) is 3.68. The number of carbonyl (C=O) groups is 1. The van der Waals surface area contributed by atoms with Gasteiger partial charge < -0.3 is 10.6 Å². The van der Waals surface area contributed by atoms with Crippen LogP contribution in [0.15, 0.2) is 36.7 Å². The average molecular weight is 291 g/mol. The molecule has 2 rings (SSSR count). The molecule has 1 amide bonds. The minimum Gasteiger partial charge on any atom is -0.369 e. The van der Waals surface area contributed by atoms with E-state index in [0.29, 0.717) is 17.4 Å². The van der Waals surface area contributed by atoms with E-state index in [9.17, 15) is 4.79 Å². The molecule has 0 spiro atoms. The second-order valence-electron chi connectivity index (χ2n) is 4.09. The summed E-state index contributed by atoms with van der Waals surface area (Å²) in [6, 6.07) is 7.37. The molecule has 0 aliphatic rings. The van der Waals surface area contributed by atoms with Gasteiger partial charge in [0.05, 0.1) is 12.4 Å². The number of rotatable bonds is 5. The average Bonchev–Trinajstić information content (AvgIpc) is 2.47. The lowest BCUT2D eigenvalue weighted by Gasteiger charge is -2.07. The Balaban J connectivity index is 2.01. The van der Waals surface area contributed by atoms with E-state index in [4.69, 9.17) is 11.6 Å². The highest BCUT2D eigenvalue weighted by Gasteiger charge is 2.09. The number of carbonyl (C=O) groups excluding carboxylic acids is 1. The monoisotopic (exact) mass is 290 g/mol. The van der Waals surface area contributed by atoms with Gasteiger partial charge in [-0.25, -0.2) is 4.98 Å². The first-order valence-electron chi connectivity index (χ1n) is 6.28. The zero-order chi connectivity index (χ0) is 14.4. The molecule has 1 heterocycles. The van der Waals surface area contributed by atoms with Gasteiger partial charge in [0.1, 0.15) is 11.5 Å². The first-order valence-corrected chi connectivity index (χ1v) is 6.66. The van der Waals surface area contributed by atoms with Gasteiger partial charge in [0.25, 0.3) is 5.91 Å². The second-order valence-corrected chi connectivity index (χ2v) is 4.50. The van der Waals surface area contributed by atoms with Crippen LogP contribution in [0.2, 0.25) is 5.02 Å². The normalized spacial score (nSPS) is 10.1. The molecule has 1 aromatic carbocycles. The molecule has 0 aliphatic carbocycles. The summed E-state index contributed by atoms with van der Waals surface area (Å²) in [6.45, 7) is 3.02. The molecule has 2 N–H and O–H groups in total. The largest absolute Gasteiger partial charge is 0.369 e. The van der Waals surface area contributed by atoms with E-state index in [0.717, 1.165) is 12.1 Å². The second kappa shape index (κ2) is 6.86. The highest BCUT2D eigenvalue weighted by Crippen LogP contribution is 2.14. The zero-order valence-corrected chi connectivity index (χ0v) is 11.8. The predicted molar refractivity (Wildman–Crippen MR) is 78.8 cm³/mol. The lowest BCUT2D eigenvalue weighted by Crippen LogP contribution is -2.24. The molecule has 0 fully saturated rings. The third-order valence-electron chi connectivity index (χ3n) is 2.62. The molecule has 0 unspecified atom stereocenters. The molecular weight excluding hydrogens is 276 g/mol. The maximum absolute atomic E-state index is 12.0. The number of nitrogens with one attached hydrogen (secondary N) is 2. The summed E-state index contributed by atoms with van der Waals surface area (Å²) in [5, 5.41) is 6.41. The van der Waals surface area contributed by atoms with Crippen LogP contribution in [0.25, 0.3) is 0 Å². The van der Waals surface area contributed by atoms with Gasteiger partial charge in [0.2, 0.25) is 0 Å². The minimum absolute atomic E-state index is 0.274. The SMILES string of the molecule is CCNc1cncc(C(=O)NCc2ccccc2Cl)n1. The van der Waals surface area contributed by atoms with Gasteiger partial charge in [-0.15, -0.1) is 0 Å². The van der Waals surface area contributed by atoms with Crippen LogP contribution in [0.1, 0.15) is 23.0 Å². The van der Waals surface area contributed by atoms with Crippen molar-refractivity contribution in [3.8, 4) is 0 Å². The molecule has 0 atom stereocenters. The first-order chi connectivity index (χ1) is 9.70. The Kier molecular flexibility index (Phi) is 4.90. The smallest absolute Gasteiger partial charge is 0.271 e. The number of anilines is 1. The topological polar surface area (TPSA) is 66.9 Å². The van der Waals surface area contributed by atoms with Crippen molar-refractivity contribution in [1.82, 2.24) is 15.3 Å². The van der Waals surface area contributed by atoms with Crippen molar-refractivity contribution in [2.24, 2.45) is 0 Å². The van der Waals surface area contributed by atoms with Crippen LogP contribution in [0.4, 0.5) is 5.82 Å². The van der Waals surface area contributed by atoms with Crippen molar-refractivity contribution in [1.29, 1.82) is 0 Å². The molecular formula is C14H15ClN4O. The summed E-state index contributed by atoms with van der Waals surface area (Å²) in [5.74, 6) is 0.301. The van der Waals surface area contributed by atoms with Crippen LogP contribution in [0, 0.1) is 0 Å². The Labute approximate surface area is 122 Å². The van der Waals surface area contributed by atoms with E-state index in [-0.39, 0.29) is 11.6 Å². The van der Waals surface area contributed by atoms with Gasteiger partial charge >= 0.3 is 0 Å². The van der Waals surface area contributed by atoms with Gasteiger partial charge in [-0.3, -0.25) is 9.78 Å². The number of hydrogen-bond acceptors (Lipinski definition) is 4.